The Morgan fingerprint density at radius 1 is 0.840 bits per heavy atom. The van der Waals surface area contributed by atoms with Gasteiger partial charge in [0.2, 0.25) is 0 Å². The Hall–Kier alpha value is -3.17. The molecule has 0 radical (unpaired) electrons. The second-order valence-electron chi connectivity index (χ2n) is 6.27. The van der Waals surface area contributed by atoms with Gasteiger partial charge >= 0.3 is 0 Å². The summed E-state index contributed by atoms with van der Waals surface area (Å²) in [6, 6.07) is 22.8. The lowest BCUT2D eigenvalue weighted by Crippen LogP contribution is -1.87. The van der Waals surface area contributed by atoms with Crippen LogP contribution in [-0.4, -0.2) is 15.1 Å². The normalized spacial score (nSPS) is 11.6. The van der Waals surface area contributed by atoms with Crippen LogP contribution < -0.4 is 0 Å². The van der Waals surface area contributed by atoms with Crippen LogP contribution in [0, 0.1) is 0 Å². The van der Waals surface area contributed by atoms with Crippen LogP contribution in [-0.2, 0) is 6.61 Å². The van der Waals surface area contributed by atoms with E-state index in [0.717, 1.165) is 38.6 Å². The Bertz CT molecular complexity index is 1230. The first-order valence-corrected chi connectivity index (χ1v) is 8.33. The van der Waals surface area contributed by atoms with E-state index < -0.39 is 0 Å². The van der Waals surface area contributed by atoms with Gasteiger partial charge in [0.15, 0.2) is 0 Å². The predicted octanol–water partition coefficient (Wildman–Crippen LogP) is 5.03. The molecule has 25 heavy (non-hydrogen) atoms. The number of pyridine rings is 1. The zero-order chi connectivity index (χ0) is 16.8. The zero-order valence-corrected chi connectivity index (χ0v) is 13.5. The second-order valence-corrected chi connectivity index (χ2v) is 6.27. The molecule has 3 heteroatoms. The van der Waals surface area contributed by atoms with E-state index in [-0.39, 0.29) is 6.61 Å². The monoisotopic (exact) mass is 324 g/mol. The fourth-order valence-electron chi connectivity index (χ4n) is 3.61. The minimum Gasteiger partial charge on any atom is -0.392 e. The van der Waals surface area contributed by atoms with E-state index in [9.17, 15) is 5.11 Å². The lowest BCUT2D eigenvalue weighted by atomic mass is 10.0. The minimum absolute atomic E-state index is 0.0414. The molecule has 2 aromatic heterocycles. The van der Waals surface area contributed by atoms with Crippen LogP contribution in [0.1, 0.15) is 5.56 Å². The molecule has 0 unspecified atom stereocenters. The third-order valence-electron chi connectivity index (χ3n) is 4.81. The highest BCUT2D eigenvalue weighted by Gasteiger charge is 2.13. The van der Waals surface area contributed by atoms with E-state index >= 15 is 0 Å². The zero-order valence-electron chi connectivity index (χ0n) is 13.5. The van der Waals surface area contributed by atoms with Gasteiger partial charge in [0.05, 0.1) is 17.8 Å². The van der Waals surface area contributed by atoms with Crippen molar-refractivity contribution in [2.75, 3.05) is 0 Å². The predicted molar refractivity (Wildman–Crippen MR) is 102 cm³/mol. The van der Waals surface area contributed by atoms with Crippen LogP contribution in [0.2, 0.25) is 0 Å². The van der Waals surface area contributed by atoms with E-state index in [1.54, 1.807) is 0 Å². The highest BCUT2D eigenvalue weighted by molar-refractivity contribution is 6.13. The van der Waals surface area contributed by atoms with Gasteiger partial charge in [-0.2, -0.15) is 0 Å². The molecule has 120 valence electrons. The summed E-state index contributed by atoms with van der Waals surface area (Å²) in [7, 11) is 0. The summed E-state index contributed by atoms with van der Waals surface area (Å²) in [6.45, 7) is 0.0414. The molecule has 0 amide bonds. The van der Waals surface area contributed by atoms with Crippen molar-refractivity contribution >= 4 is 32.6 Å². The molecule has 3 aromatic carbocycles. The molecule has 0 aliphatic heterocycles. The Kier molecular flexibility index (Phi) is 3.08. The lowest BCUT2D eigenvalue weighted by molar-refractivity contribution is 0.282. The van der Waals surface area contributed by atoms with Crippen molar-refractivity contribution in [2.24, 2.45) is 0 Å². The summed E-state index contributed by atoms with van der Waals surface area (Å²) in [4.78, 5) is 8.20. The largest absolute Gasteiger partial charge is 0.392 e. The smallest absolute Gasteiger partial charge is 0.0949 e. The standard InChI is InChI=1S/C22H16N2O/c25-13-14-8-9-17-19-10-11-23-21(22(19)24-20(17)12-14)18-7-3-5-15-4-1-2-6-16(15)18/h1-12,24-25H,13H2. The second kappa shape index (κ2) is 5.43. The Balaban J connectivity index is 1.87. The van der Waals surface area contributed by atoms with E-state index in [2.05, 4.69) is 58.5 Å². The molecular formula is C22H16N2O. The fraction of sp³-hybridized carbons (Fsp3) is 0.0455. The van der Waals surface area contributed by atoms with Crippen molar-refractivity contribution in [1.29, 1.82) is 0 Å². The van der Waals surface area contributed by atoms with Gasteiger partial charge in [-0.05, 0) is 28.5 Å². The lowest BCUT2D eigenvalue weighted by Gasteiger charge is -2.07. The van der Waals surface area contributed by atoms with Crippen LogP contribution in [0.25, 0.3) is 43.8 Å². The average molecular weight is 324 g/mol. The van der Waals surface area contributed by atoms with E-state index in [1.165, 1.54) is 10.8 Å². The van der Waals surface area contributed by atoms with Gasteiger partial charge in [0.25, 0.3) is 0 Å². The molecule has 3 nitrogen and oxygen atoms in total. The van der Waals surface area contributed by atoms with E-state index in [1.807, 2.05) is 24.4 Å². The number of hydrogen-bond donors (Lipinski definition) is 2. The SMILES string of the molecule is OCc1ccc2c(c1)[nH]c1c(-c3cccc4ccccc34)nccc12. The molecular weight excluding hydrogens is 308 g/mol. The molecule has 0 spiro atoms. The Labute approximate surface area is 144 Å². The van der Waals surface area contributed by atoms with Gasteiger partial charge in [-0.3, -0.25) is 4.98 Å². The minimum atomic E-state index is 0.0414. The molecule has 0 fully saturated rings. The number of aliphatic hydroxyl groups is 1. The molecule has 0 saturated heterocycles. The van der Waals surface area contributed by atoms with Crippen molar-refractivity contribution in [3.05, 3.63) is 78.5 Å². The number of aromatic nitrogens is 2. The summed E-state index contributed by atoms with van der Waals surface area (Å²) in [6.07, 6.45) is 1.87. The van der Waals surface area contributed by atoms with Gasteiger partial charge in [-0.1, -0.05) is 54.6 Å². The van der Waals surface area contributed by atoms with Crippen molar-refractivity contribution in [1.82, 2.24) is 9.97 Å². The van der Waals surface area contributed by atoms with Crippen LogP contribution in [0.5, 0.6) is 0 Å². The topological polar surface area (TPSA) is 48.9 Å². The number of rotatable bonds is 2. The number of aromatic amines is 1. The van der Waals surface area contributed by atoms with E-state index in [0.29, 0.717) is 0 Å². The van der Waals surface area contributed by atoms with Crippen molar-refractivity contribution in [3.63, 3.8) is 0 Å². The number of nitrogens with one attached hydrogen (secondary N) is 1. The molecule has 2 N–H and O–H groups in total. The molecule has 0 saturated carbocycles. The highest BCUT2D eigenvalue weighted by atomic mass is 16.3. The van der Waals surface area contributed by atoms with Gasteiger partial charge in [-0.25, -0.2) is 0 Å². The van der Waals surface area contributed by atoms with Gasteiger partial charge < -0.3 is 10.1 Å². The number of aliphatic hydroxyl groups excluding tert-OH is 1. The molecule has 5 aromatic rings. The number of benzene rings is 3. The van der Waals surface area contributed by atoms with Gasteiger partial charge in [0.1, 0.15) is 0 Å². The van der Waals surface area contributed by atoms with Crippen molar-refractivity contribution in [2.45, 2.75) is 6.61 Å². The summed E-state index contributed by atoms with van der Waals surface area (Å²) in [5, 5.41) is 14.1. The summed E-state index contributed by atoms with van der Waals surface area (Å²) >= 11 is 0. The number of fused-ring (bicyclic) bond motifs is 4. The molecule has 5 rings (SSSR count). The average Bonchev–Trinajstić information content (AvgIpc) is 3.05. The van der Waals surface area contributed by atoms with Crippen LogP contribution in [0.15, 0.2) is 72.9 Å². The fourth-order valence-corrected chi connectivity index (χ4v) is 3.61. The first-order valence-electron chi connectivity index (χ1n) is 8.33. The van der Waals surface area contributed by atoms with Crippen LogP contribution in [0.4, 0.5) is 0 Å². The number of H-pyrrole nitrogens is 1. The molecule has 0 atom stereocenters. The van der Waals surface area contributed by atoms with Crippen molar-refractivity contribution < 1.29 is 5.11 Å². The Morgan fingerprint density at radius 2 is 1.72 bits per heavy atom. The maximum Gasteiger partial charge on any atom is 0.0949 e. The molecule has 0 aliphatic rings. The highest BCUT2D eigenvalue weighted by Crippen LogP contribution is 2.35. The summed E-state index contributed by atoms with van der Waals surface area (Å²) < 4.78 is 0. The van der Waals surface area contributed by atoms with Crippen LogP contribution >= 0.6 is 0 Å². The number of hydrogen-bond acceptors (Lipinski definition) is 2. The third kappa shape index (κ3) is 2.13. The molecule has 0 bridgehead atoms. The first-order chi connectivity index (χ1) is 12.3. The number of nitrogens with zero attached hydrogens (tertiary/aromatic N) is 1. The Morgan fingerprint density at radius 3 is 2.64 bits per heavy atom. The maximum atomic E-state index is 9.40. The quantitative estimate of drug-likeness (QED) is 0.478. The van der Waals surface area contributed by atoms with Crippen LogP contribution in [0.3, 0.4) is 0 Å². The summed E-state index contributed by atoms with van der Waals surface area (Å²) in [5.74, 6) is 0. The third-order valence-corrected chi connectivity index (χ3v) is 4.81. The molecule has 2 heterocycles. The van der Waals surface area contributed by atoms with E-state index in [4.69, 9.17) is 0 Å². The summed E-state index contributed by atoms with van der Waals surface area (Å²) in [5.41, 5.74) is 5.03. The first kappa shape index (κ1) is 14.2. The molecule has 0 aliphatic carbocycles. The van der Waals surface area contributed by atoms with Crippen molar-refractivity contribution in [3.8, 4) is 11.3 Å². The van der Waals surface area contributed by atoms with Gasteiger partial charge in [-0.15, -0.1) is 0 Å². The van der Waals surface area contributed by atoms with Gasteiger partial charge in [0, 0.05) is 28.0 Å². The maximum absolute atomic E-state index is 9.40.